The minimum absolute atomic E-state index is 0.240. The predicted octanol–water partition coefficient (Wildman–Crippen LogP) is 2.43. The number of nitrogens with zero attached hydrogens (tertiary/aromatic N) is 2. The van der Waals surface area contributed by atoms with Crippen LogP contribution in [0.2, 0.25) is 0 Å². The lowest BCUT2D eigenvalue weighted by Crippen LogP contribution is -2.44. The molecule has 0 saturated heterocycles. The molecule has 0 spiro atoms. The Balaban J connectivity index is 2.08. The summed E-state index contributed by atoms with van der Waals surface area (Å²) in [6, 6.07) is 9.70. The quantitative estimate of drug-likeness (QED) is 0.693. The number of fused-ring (bicyclic) bond motifs is 1. The summed E-state index contributed by atoms with van der Waals surface area (Å²) in [5.74, 6) is 0.342. The summed E-state index contributed by atoms with van der Waals surface area (Å²) in [6.45, 7) is 4.29. The number of hydrogen-bond acceptors (Lipinski definition) is 4. The Morgan fingerprint density at radius 2 is 1.93 bits per heavy atom. The zero-order valence-electron chi connectivity index (χ0n) is 15.5. The molecule has 1 atom stereocenters. The molecule has 0 radical (unpaired) electrons. The van der Waals surface area contributed by atoms with Crippen LogP contribution in [0, 0.1) is 0 Å². The van der Waals surface area contributed by atoms with Crippen LogP contribution in [0.5, 0.6) is 0 Å². The van der Waals surface area contributed by atoms with E-state index in [0.717, 1.165) is 0 Å². The fraction of sp³-hybridized carbons (Fsp3) is 0.350. The lowest BCUT2D eigenvalue weighted by molar-refractivity contribution is -0.124. The van der Waals surface area contributed by atoms with E-state index in [4.69, 9.17) is 4.42 Å². The van der Waals surface area contributed by atoms with Crippen LogP contribution in [0.4, 0.5) is 0 Å². The third-order valence-corrected chi connectivity index (χ3v) is 4.54. The van der Waals surface area contributed by atoms with Crippen molar-refractivity contribution >= 4 is 16.8 Å². The van der Waals surface area contributed by atoms with Gasteiger partial charge < -0.3 is 9.73 Å². The number of carbonyl (C=O) groups excluding carboxylic acids is 1. The van der Waals surface area contributed by atoms with Crippen LogP contribution in [0.25, 0.3) is 10.9 Å². The molecule has 7 heteroatoms. The Morgan fingerprint density at radius 3 is 2.59 bits per heavy atom. The minimum atomic E-state index is -0.721. The first-order valence-corrected chi connectivity index (χ1v) is 9.12. The average Bonchev–Trinajstić information content (AvgIpc) is 3.20. The molecule has 0 bridgehead atoms. The van der Waals surface area contributed by atoms with Gasteiger partial charge in [0.1, 0.15) is 11.8 Å². The van der Waals surface area contributed by atoms with Crippen molar-refractivity contribution in [2.75, 3.05) is 0 Å². The van der Waals surface area contributed by atoms with E-state index in [9.17, 15) is 14.4 Å². The Kier molecular flexibility index (Phi) is 5.59. The Labute approximate surface area is 156 Å². The Hall–Kier alpha value is -3.09. The molecule has 1 unspecified atom stereocenters. The lowest BCUT2D eigenvalue weighted by Gasteiger charge is -2.21. The van der Waals surface area contributed by atoms with Gasteiger partial charge in [0.15, 0.2) is 0 Å². The van der Waals surface area contributed by atoms with Crippen molar-refractivity contribution in [3.05, 3.63) is 69.3 Å². The molecule has 0 aliphatic heterocycles. The second-order valence-corrected chi connectivity index (χ2v) is 6.35. The molecule has 1 N–H and O–H groups in total. The standard InChI is InChI=1S/C20H23N3O4/c1-3-11-22-19(25)15-9-5-6-10-17(15)23(20(22)26)16(4-2)18(24)21-13-14-8-7-12-27-14/h5-10,12,16H,3-4,11,13H2,1-2H3,(H,21,24). The van der Waals surface area contributed by atoms with Crippen LogP contribution >= 0.6 is 0 Å². The van der Waals surface area contributed by atoms with E-state index in [0.29, 0.717) is 36.0 Å². The SMILES string of the molecule is CCCn1c(=O)c2ccccc2n(C(CC)C(=O)NCc2ccco2)c1=O. The highest BCUT2D eigenvalue weighted by Crippen LogP contribution is 2.17. The highest BCUT2D eigenvalue weighted by Gasteiger charge is 2.24. The van der Waals surface area contributed by atoms with E-state index < -0.39 is 11.7 Å². The maximum atomic E-state index is 13.1. The van der Waals surface area contributed by atoms with Gasteiger partial charge in [0.25, 0.3) is 5.56 Å². The summed E-state index contributed by atoms with van der Waals surface area (Å²) in [5, 5.41) is 3.25. The second kappa shape index (κ2) is 8.07. The third kappa shape index (κ3) is 3.58. The molecule has 142 valence electrons. The van der Waals surface area contributed by atoms with Gasteiger partial charge in [-0.1, -0.05) is 26.0 Å². The number of hydrogen-bond donors (Lipinski definition) is 1. The molecular formula is C20H23N3O4. The number of aromatic nitrogens is 2. The van der Waals surface area contributed by atoms with E-state index >= 15 is 0 Å². The molecule has 0 aliphatic rings. The first-order valence-electron chi connectivity index (χ1n) is 9.12. The molecule has 1 amide bonds. The van der Waals surface area contributed by atoms with E-state index in [1.165, 1.54) is 15.4 Å². The van der Waals surface area contributed by atoms with Crippen molar-refractivity contribution in [2.45, 2.75) is 45.8 Å². The van der Waals surface area contributed by atoms with E-state index in [1.54, 1.807) is 36.4 Å². The largest absolute Gasteiger partial charge is 0.467 e. The molecule has 27 heavy (non-hydrogen) atoms. The fourth-order valence-corrected chi connectivity index (χ4v) is 3.24. The number of para-hydroxylation sites is 1. The molecule has 0 saturated carbocycles. The number of furan rings is 1. The Morgan fingerprint density at radius 1 is 1.15 bits per heavy atom. The van der Waals surface area contributed by atoms with E-state index in [1.807, 2.05) is 13.8 Å². The highest BCUT2D eigenvalue weighted by atomic mass is 16.3. The van der Waals surface area contributed by atoms with Gasteiger partial charge in [0.05, 0.1) is 23.7 Å². The number of carbonyl (C=O) groups is 1. The monoisotopic (exact) mass is 369 g/mol. The summed E-state index contributed by atoms with van der Waals surface area (Å²) < 4.78 is 7.88. The van der Waals surface area contributed by atoms with Crippen molar-refractivity contribution < 1.29 is 9.21 Å². The fourth-order valence-electron chi connectivity index (χ4n) is 3.24. The first-order chi connectivity index (χ1) is 13.1. The molecular weight excluding hydrogens is 346 g/mol. The number of rotatable bonds is 7. The Bertz CT molecular complexity index is 1050. The van der Waals surface area contributed by atoms with Gasteiger partial charge in [-0.05, 0) is 37.1 Å². The lowest BCUT2D eigenvalue weighted by atomic mass is 10.1. The van der Waals surface area contributed by atoms with Gasteiger partial charge in [0, 0.05) is 6.54 Å². The maximum absolute atomic E-state index is 13.1. The number of nitrogens with one attached hydrogen (secondary N) is 1. The molecule has 3 aromatic rings. The van der Waals surface area contributed by atoms with Crippen molar-refractivity contribution in [1.82, 2.24) is 14.5 Å². The van der Waals surface area contributed by atoms with Crippen LogP contribution in [0.15, 0.2) is 56.7 Å². The molecule has 1 aromatic carbocycles. The van der Waals surface area contributed by atoms with Gasteiger partial charge >= 0.3 is 5.69 Å². The van der Waals surface area contributed by atoms with Gasteiger partial charge in [-0.15, -0.1) is 0 Å². The van der Waals surface area contributed by atoms with Crippen molar-refractivity contribution in [3.63, 3.8) is 0 Å². The van der Waals surface area contributed by atoms with Crippen molar-refractivity contribution in [2.24, 2.45) is 0 Å². The van der Waals surface area contributed by atoms with Gasteiger partial charge in [0.2, 0.25) is 5.91 Å². The number of amides is 1. The van der Waals surface area contributed by atoms with Crippen LogP contribution in [-0.4, -0.2) is 15.0 Å². The van der Waals surface area contributed by atoms with E-state index in [2.05, 4.69) is 5.32 Å². The predicted molar refractivity (Wildman–Crippen MR) is 103 cm³/mol. The third-order valence-electron chi connectivity index (χ3n) is 4.54. The zero-order chi connectivity index (χ0) is 19.4. The summed E-state index contributed by atoms with van der Waals surface area (Å²) in [4.78, 5) is 38.6. The van der Waals surface area contributed by atoms with E-state index in [-0.39, 0.29) is 18.0 Å². The summed E-state index contributed by atoms with van der Waals surface area (Å²) in [5.41, 5.74) is -0.306. The minimum Gasteiger partial charge on any atom is -0.467 e. The zero-order valence-corrected chi connectivity index (χ0v) is 15.5. The molecule has 0 aliphatic carbocycles. The summed E-state index contributed by atoms with van der Waals surface area (Å²) in [7, 11) is 0. The highest BCUT2D eigenvalue weighted by molar-refractivity contribution is 5.84. The normalized spacial score (nSPS) is 12.2. The maximum Gasteiger partial charge on any atom is 0.332 e. The summed E-state index contributed by atoms with van der Waals surface area (Å²) >= 11 is 0. The molecule has 3 rings (SSSR count). The van der Waals surface area contributed by atoms with Crippen LogP contribution in [0.3, 0.4) is 0 Å². The van der Waals surface area contributed by atoms with Crippen molar-refractivity contribution in [3.8, 4) is 0 Å². The van der Waals surface area contributed by atoms with Gasteiger partial charge in [-0.3, -0.25) is 18.7 Å². The smallest absolute Gasteiger partial charge is 0.332 e. The first kappa shape index (κ1) is 18.7. The molecule has 0 fully saturated rings. The van der Waals surface area contributed by atoms with Crippen molar-refractivity contribution in [1.29, 1.82) is 0 Å². The topological polar surface area (TPSA) is 86.2 Å². The van der Waals surface area contributed by atoms with Crippen LogP contribution in [-0.2, 0) is 17.9 Å². The second-order valence-electron chi connectivity index (χ2n) is 6.35. The molecule has 2 heterocycles. The molecule has 7 nitrogen and oxygen atoms in total. The van der Waals surface area contributed by atoms with Gasteiger partial charge in [-0.25, -0.2) is 4.79 Å². The number of benzene rings is 1. The van der Waals surface area contributed by atoms with Crippen LogP contribution in [0.1, 0.15) is 38.5 Å². The van der Waals surface area contributed by atoms with Crippen LogP contribution < -0.4 is 16.6 Å². The summed E-state index contributed by atoms with van der Waals surface area (Å²) in [6.07, 6.45) is 2.60. The average molecular weight is 369 g/mol. The molecule has 2 aromatic heterocycles. The van der Waals surface area contributed by atoms with Gasteiger partial charge in [-0.2, -0.15) is 0 Å².